The summed E-state index contributed by atoms with van der Waals surface area (Å²) in [5.74, 6) is 0.847. The van der Waals surface area contributed by atoms with Gasteiger partial charge >= 0.3 is 0 Å². The minimum Gasteiger partial charge on any atom is -0.310 e. The molecule has 0 spiro atoms. The Morgan fingerprint density at radius 3 is 2.53 bits per heavy atom. The molecular weight excluding hydrogens is 252 g/mol. The van der Waals surface area contributed by atoms with E-state index < -0.39 is 0 Å². The summed E-state index contributed by atoms with van der Waals surface area (Å²) in [5, 5.41) is 5.73. The highest BCUT2D eigenvalue weighted by Gasteiger charge is 2.15. The number of thiophene rings is 1. The highest BCUT2D eigenvalue weighted by Crippen LogP contribution is 2.12. The van der Waals surface area contributed by atoms with Crippen LogP contribution in [0.25, 0.3) is 0 Å². The lowest BCUT2D eigenvalue weighted by Crippen LogP contribution is -2.42. The Kier molecular flexibility index (Phi) is 8.35. The van der Waals surface area contributed by atoms with Crippen LogP contribution < -0.4 is 5.32 Å². The van der Waals surface area contributed by atoms with Crippen LogP contribution in [0.2, 0.25) is 0 Å². The van der Waals surface area contributed by atoms with E-state index >= 15 is 0 Å². The van der Waals surface area contributed by atoms with Crippen LogP contribution in [0.15, 0.2) is 17.5 Å². The number of nitrogens with zero attached hydrogens (tertiary/aromatic N) is 1. The predicted molar refractivity (Wildman–Crippen MR) is 86.8 cm³/mol. The van der Waals surface area contributed by atoms with Crippen LogP contribution >= 0.6 is 11.3 Å². The molecular formula is C16H30N2S. The molecule has 0 aromatic carbocycles. The molecule has 1 aromatic heterocycles. The molecule has 0 saturated carbocycles. The Labute approximate surface area is 123 Å². The number of hydrogen-bond donors (Lipinski definition) is 1. The van der Waals surface area contributed by atoms with Crippen molar-refractivity contribution in [2.24, 2.45) is 5.92 Å². The molecule has 1 unspecified atom stereocenters. The van der Waals surface area contributed by atoms with Crippen LogP contribution in [0.3, 0.4) is 0 Å². The van der Waals surface area contributed by atoms with Gasteiger partial charge in [0.2, 0.25) is 0 Å². The molecule has 0 aliphatic rings. The van der Waals surface area contributed by atoms with Crippen molar-refractivity contribution in [1.82, 2.24) is 10.2 Å². The molecule has 0 aliphatic heterocycles. The minimum atomic E-state index is 0.616. The number of nitrogens with one attached hydrogen (secondary N) is 1. The van der Waals surface area contributed by atoms with E-state index in [1.807, 2.05) is 11.3 Å². The summed E-state index contributed by atoms with van der Waals surface area (Å²) < 4.78 is 0. The molecule has 0 fully saturated rings. The van der Waals surface area contributed by atoms with Gasteiger partial charge in [0.25, 0.3) is 0 Å². The van der Waals surface area contributed by atoms with Gasteiger partial charge in [-0.05, 0) is 30.8 Å². The van der Waals surface area contributed by atoms with E-state index in [1.165, 1.54) is 24.3 Å². The Bertz CT molecular complexity index is 307. The average Bonchev–Trinajstić information content (AvgIpc) is 2.93. The van der Waals surface area contributed by atoms with Crippen molar-refractivity contribution in [2.45, 2.75) is 53.1 Å². The van der Waals surface area contributed by atoms with E-state index in [0.29, 0.717) is 6.04 Å². The molecule has 19 heavy (non-hydrogen) atoms. The molecule has 0 radical (unpaired) electrons. The third kappa shape index (κ3) is 6.07. The maximum absolute atomic E-state index is 3.58. The first-order valence-electron chi connectivity index (χ1n) is 7.68. The van der Waals surface area contributed by atoms with Crippen molar-refractivity contribution in [3.8, 4) is 0 Å². The second-order valence-electron chi connectivity index (χ2n) is 5.33. The summed E-state index contributed by atoms with van der Waals surface area (Å²) in [4.78, 5) is 4.04. The number of likely N-dealkylation sites (N-methyl/N-ethyl adjacent to an activating group) is 1. The molecule has 1 heterocycles. The Morgan fingerprint density at radius 1 is 1.26 bits per heavy atom. The van der Waals surface area contributed by atoms with E-state index in [0.717, 1.165) is 25.6 Å². The van der Waals surface area contributed by atoms with Crippen LogP contribution in [0.5, 0.6) is 0 Å². The molecule has 2 nitrogen and oxygen atoms in total. The van der Waals surface area contributed by atoms with Crippen molar-refractivity contribution in [3.05, 3.63) is 22.4 Å². The van der Waals surface area contributed by atoms with E-state index in [2.05, 4.69) is 55.4 Å². The van der Waals surface area contributed by atoms with Gasteiger partial charge in [-0.15, -0.1) is 11.3 Å². The molecule has 1 N–H and O–H groups in total. The SMILES string of the molecule is CCC(CC)CN(CC)C(C)CNCc1cccs1. The zero-order chi connectivity index (χ0) is 14.1. The average molecular weight is 282 g/mol. The fourth-order valence-electron chi connectivity index (χ4n) is 2.45. The number of hydrogen-bond acceptors (Lipinski definition) is 3. The molecule has 0 aliphatic carbocycles. The smallest absolute Gasteiger partial charge is 0.0300 e. The van der Waals surface area contributed by atoms with Crippen molar-refractivity contribution in [1.29, 1.82) is 0 Å². The Balaban J connectivity index is 2.30. The van der Waals surface area contributed by atoms with E-state index in [4.69, 9.17) is 0 Å². The molecule has 3 heteroatoms. The van der Waals surface area contributed by atoms with Gasteiger partial charge in [0.05, 0.1) is 0 Å². The first kappa shape index (κ1) is 16.7. The highest BCUT2D eigenvalue weighted by atomic mass is 32.1. The van der Waals surface area contributed by atoms with Gasteiger partial charge in [-0.25, -0.2) is 0 Å². The van der Waals surface area contributed by atoms with Gasteiger partial charge in [0.1, 0.15) is 0 Å². The Morgan fingerprint density at radius 2 is 2.00 bits per heavy atom. The lowest BCUT2D eigenvalue weighted by Gasteiger charge is -2.31. The first-order chi connectivity index (χ1) is 9.21. The third-order valence-corrected chi connectivity index (χ3v) is 4.87. The van der Waals surface area contributed by atoms with E-state index in [9.17, 15) is 0 Å². The van der Waals surface area contributed by atoms with Gasteiger partial charge in [0, 0.05) is 30.6 Å². The fraction of sp³-hybridized carbons (Fsp3) is 0.750. The normalized spacial score (nSPS) is 13.4. The minimum absolute atomic E-state index is 0.616. The van der Waals surface area contributed by atoms with Crippen LogP contribution in [-0.2, 0) is 6.54 Å². The van der Waals surface area contributed by atoms with Gasteiger partial charge in [-0.3, -0.25) is 4.90 Å². The zero-order valence-electron chi connectivity index (χ0n) is 13.0. The van der Waals surface area contributed by atoms with Gasteiger partial charge < -0.3 is 5.32 Å². The summed E-state index contributed by atoms with van der Waals surface area (Å²) in [6, 6.07) is 4.94. The summed E-state index contributed by atoms with van der Waals surface area (Å²) in [6.45, 7) is 13.7. The molecule has 1 aromatic rings. The zero-order valence-corrected chi connectivity index (χ0v) is 13.8. The molecule has 0 amide bonds. The van der Waals surface area contributed by atoms with Crippen molar-refractivity contribution < 1.29 is 0 Å². The van der Waals surface area contributed by atoms with Gasteiger partial charge in [-0.1, -0.05) is 39.7 Å². The van der Waals surface area contributed by atoms with Crippen LogP contribution in [0.1, 0.15) is 45.4 Å². The van der Waals surface area contributed by atoms with Gasteiger partial charge in [-0.2, -0.15) is 0 Å². The quantitative estimate of drug-likeness (QED) is 0.698. The highest BCUT2D eigenvalue weighted by molar-refractivity contribution is 7.09. The lowest BCUT2D eigenvalue weighted by atomic mass is 10.0. The number of rotatable bonds is 10. The summed E-state index contributed by atoms with van der Waals surface area (Å²) in [7, 11) is 0. The summed E-state index contributed by atoms with van der Waals surface area (Å²) in [6.07, 6.45) is 2.59. The van der Waals surface area contributed by atoms with Crippen LogP contribution in [-0.4, -0.2) is 30.6 Å². The van der Waals surface area contributed by atoms with E-state index in [-0.39, 0.29) is 0 Å². The maximum Gasteiger partial charge on any atom is 0.0300 e. The van der Waals surface area contributed by atoms with Crippen LogP contribution in [0.4, 0.5) is 0 Å². The molecule has 0 bridgehead atoms. The molecule has 0 saturated heterocycles. The van der Waals surface area contributed by atoms with Crippen LogP contribution in [0, 0.1) is 5.92 Å². The second kappa shape index (κ2) is 9.51. The molecule has 1 rings (SSSR count). The largest absolute Gasteiger partial charge is 0.310 e. The van der Waals surface area contributed by atoms with Crippen molar-refractivity contribution >= 4 is 11.3 Å². The van der Waals surface area contributed by atoms with Crippen molar-refractivity contribution in [2.75, 3.05) is 19.6 Å². The first-order valence-corrected chi connectivity index (χ1v) is 8.56. The van der Waals surface area contributed by atoms with E-state index in [1.54, 1.807) is 0 Å². The standard InChI is InChI=1S/C16H30N2S/c1-5-15(6-2)13-18(7-3)14(4)11-17-12-16-9-8-10-19-16/h8-10,14-15,17H,5-7,11-13H2,1-4H3. The van der Waals surface area contributed by atoms with Crippen molar-refractivity contribution in [3.63, 3.8) is 0 Å². The maximum atomic E-state index is 3.58. The summed E-state index contributed by atoms with van der Waals surface area (Å²) in [5.41, 5.74) is 0. The topological polar surface area (TPSA) is 15.3 Å². The summed E-state index contributed by atoms with van der Waals surface area (Å²) >= 11 is 1.83. The fourth-order valence-corrected chi connectivity index (χ4v) is 3.12. The molecule has 110 valence electrons. The second-order valence-corrected chi connectivity index (χ2v) is 6.36. The van der Waals surface area contributed by atoms with Gasteiger partial charge in [0.15, 0.2) is 0 Å². The Hall–Kier alpha value is -0.380. The monoisotopic (exact) mass is 282 g/mol. The predicted octanol–water partition coefficient (Wildman–Crippen LogP) is 3.98. The molecule has 1 atom stereocenters. The lowest BCUT2D eigenvalue weighted by molar-refractivity contribution is 0.177. The third-order valence-electron chi connectivity index (χ3n) is 4.00.